The molecule has 2 rings (SSSR count). The minimum atomic E-state index is 0.760. The zero-order valence-corrected chi connectivity index (χ0v) is 11.1. The first-order chi connectivity index (χ1) is 8.19. The number of thiazole rings is 1. The number of aryl methyl sites for hydroxylation is 2. The average molecular weight is 248 g/mol. The zero-order chi connectivity index (χ0) is 12.3. The predicted molar refractivity (Wildman–Crippen MR) is 71.9 cm³/mol. The minimum absolute atomic E-state index is 0.760. The number of hydrogen-bond acceptors (Lipinski definition) is 4. The van der Waals surface area contributed by atoms with Gasteiger partial charge in [0.15, 0.2) is 0 Å². The van der Waals surface area contributed by atoms with E-state index in [-0.39, 0.29) is 0 Å². The summed E-state index contributed by atoms with van der Waals surface area (Å²) < 4.78 is 5.23. The lowest BCUT2D eigenvalue weighted by Crippen LogP contribution is -2.00. The van der Waals surface area contributed by atoms with Crippen molar-refractivity contribution in [3.05, 3.63) is 39.8 Å². The molecule has 0 unspecified atom stereocenters. The van der Waals surface area contributed by atoms with Crippen molar-refractivity contribution in [2.75, 3.05) is 12.4 Å². The van der Waals surface area contributed by atoms with Crippen LogP contribution < -0.4 is 10.1 Å². The highest BCUT2D eigenvalue weighted by atomic mass is 32.1. The number of methoxy groups -OCH3 is 1. The van der Waals surface area contributed by atoms with Gasteiger partial charge in [0.2, 0.25) is 0 Å². The Hall–Kier alpha value is -1.55. The van der Waals surface area contributed by atoms with Crippen molar-refractivity contribution in [3.63, 3.8) is 0 Å². The first-order valence-electron chi connectivity index (χ1n) is 5.48. The molecule has 0 radical (unpaired) electrons. The molecule has 1 aromatic heterocycles. The van der Waals surface area contributed by atoms with Crippen molar-refractivity contribution in [2.45, 2.75) is 20.4 Å². The summed E-state index contributed by atoms with van der Waals surface area (Å²) in [6.07, 6.45) is 0. The largest absolute Gasteiger partial charge is 0.496 e. The lowest BCUT2D eigenvalue weighted by atomic mass is 10.2. The number of nitrogens with one attached hydrogen (secondary N) is 1. The highest BCUT2D eigenvalue weighted by Crippen LogP contribution is 2.21. The summed E-state index contributed by atoms with van der Waals surface area (Å²) in [4.78, 5) is 4.41. The van der Waals surface area contributed by atoms with Gasteiger partial charge in [-0.05, 0) is 37.6 Å². The number of hydrogen-bond donors (Lipinski definition) is 1. The highest BCUT2D eigenvalue weighted by molar-refractivity contribution is 7.09. The molecule has 0 aliphatic carbocycles. The van der Waals surface area contributed by atoms with Crippen LogP contribution in [0.2, 0.25) is 0 Å². The van der Waals surface area contributed by atoms with E-state index >= 15 is 0 Å². The molecule has 0 amide bonds. The molecule has 90 valence electrons. The fourth-order valence-electron chi connectivity index (χ4n) is 1.67. The van der Waals surface area contributed by atoms with Crippen molar-refractivity contribution in [3.8, 4) is 5.75 Å². The smallest absolute Gasteiger partial charge is 0.121 e. The quantitative estimate of drug-likeness (QED) is 0.900. The van der Waals surface area contributed by atoms with E-state index in [2.05, 4.69) is 21.7 Å². The van der Waals surface area contributed by atoms with Gasteiger partial charge in [-0.1, -0.05) is 0 Å². The van der Waals surface area contributed by atoms with Crippen LogP contribution in [-0.2, 0) is 6.54 Å². The van der Waals surface area contributed by atoms with E-state index in [0.29, 0.717) is 0 Å². The van der Waals surface area contributed by atoms with Gasteiger partial charge >= 0.3 is 0 Å². The van der Waals surface area contributed by atoms with Crippen molar-refractivity contribution < 1.29 is 4.74 Å². The Bertz CT molecular complexity index is 508. The summed E-state index contributed by atoms with van der Waals surface area (Å²) in [6.45, 7) is 4.82. The normalized spacial score (nSPS) is 10.3. The van der Waals surface area contributed by atoms with Gasteiger partial charge in [0.25, 0.3) is 0 Å². The van der Waals surface area contributed by atoms with E-state index in [1.54, 1.807) is 18.4 Å². The second-order valence-electron chi connectivity index (χ2n) is 3.90. The third-order valence-electron chi connectivity index (χ3n) is 2.54. The number of rotatable bonds is 4. The summed E-state index contributed by atoms with van der Waals surface area (Å²) >= 11 is 1.68. The molecule has 0 aliphatic rings. The van der Waals surface area contributed by atoms with Crippen LogP contribution >= 0.6 is 11.3 Å². The van der Waals surface area contributed by atoms with Crippen LogP contribution in [0.15, 0.2) is 23.6 Å². The summed E-state index contributed by atoms with van der Waals surface area (Å²) in [7, 11) is 1.69. The fraction of sp³-hybridized carbons (Fsp3) is 0.308. The van der Waals surface area contributed by atoms with Crippen molar-refractivity contribution in [1.82, 2.24) is 4.98 Å². The van der Waals surface area contributed by atoms with Gasteiger partial charge in [0.1, 0.15) is 5.75 Å². The van der Waals surface area contributed by atoms with Crippen molar-refractivity contribution in [1.29, 1.82) is 0 Å². The van der Waals surface area contributed by atoms with Gasteiger partial charge in [-0.2, -0.15) is 0 Å². The molecule has 0 saturated carbocycles. The fourth-order valence-corrected chi connectivity index (χ4v) is 2.28. The monoisotopic (exact) mass is 248 g/mol. The average Bonchev–Trinajstić information content (AvgIpc) is 2.73. The van der Waals surface area contributed by atoms with Crippen LogP contribution in [0.5, 0.6) is 5.75 Å². The standard InChI is InChI=1S/C13H16N2OS/c1-9-6-11(4-5-13(9)16-3)14-7-12-8-17-10(2)15-12/h4-6,8,14H,7H2,1-3H3. The molecule has 0 fully saturated rings. The van der Waals surface area contributed by atoms with Gasteiger partial charge in [-0.25, -0.2) is 4.98 Å². The lowest BCUT2D eigenvalue weighted by molar-refractivity contribution is 0.412. The Kier molecular flexibility index (Phi) is 3.64. The van der Waals surface area contributed by atoms with Crippen molar-refractivity contribution >= 4 is 17.0 Å². The first-order valence-corrected chi connectivity index (χ1v) is 6.36. The Balaban J connectivity index is 2.02. The summed E-state index contributed by atoms with van der Waals surface area (Å²) in [6, 6.07) is 6.08. The molecule has 3 nitrogen and oxygen atoms in total. The third kappa shape index (κ3) is 2.97. The SMILES string of the molecule is COc1ccc(NCc2csc(C)n2)cc1C. The van der Waals surface area contributed by atoms with Crippen LogP contribution in [0.3, 0.4) is 0 Å². The molecular formula is C13H16N2OS. The first kappa shape index (κ1) is 11.9. The molecule has 0 bridgehead atoms. The maximum atomic E-state index is 5.23. The van der Waals surface area contributed by atoms with Gasteiger partial charge in [-0.3, -0.25) is 0 Å². The molecular weight excluding hydrogens is 232 g/mol. The topological polar surface area (TPSA) is 34.1 Å². The number of nitrogens with zero attached hydrogens (tertiary/aromatic N) is 1. The van der Waals surface area contributed by atoms with E-state index in [1.165, 1.54) is 0 Å². The minimum Gasteiger partial charge on any atom is -0.496 e. The molecule has 17 heavy (non-hydrogen) atoms. The Labute approximate surface area is 105 Å². The highest BCUT2D eigenvalue weighted by Gasteiger charge is 2.01. The molecule has 0 aliphatic heterocycles. The Morgan fingerprint density at radius 1 is 1.35 bits per heavy atom. The molecule has 1 aromatic carbocycles. The molecule has 0 atom stereocenters. The van der Waals surface area contributed by atoms with E-state index in [4.69, 9.17) is 4.74 Å². The van der Waals surface area contributed by atoms with Crippen LogP contribution in [0.1, 0.15) is 16.3 Å². The number of anilines is 1. The van der Waals surface area contributed by atoms with Gasteiger partial charge in [0.05, 0.1) is 24.4 Å². The van der Waals surface area contributed by atoms with E-state index in [0.717, 1.165) is 34.2 Å². The number of ether oxygens (including phenoxy) is 1. The Morgan fingerprint density at radius 3 is 2.76 bits per heavy atom. The predicted octanol–water partition coefficient (Wildman–Crippen LogP) is 3.38. The zero-order valence-electron chi connectivity index (χ0n) is 10.3. The van der Waals surface area contributed by atoms with Gasteiger partial charge in [-0.15, -0.1) is 11.3 Å². The van der Waals surface area contributed by atoms with E-state index in [9.17, 15) is 0 Å². The van der Waals surface area contributed by atoms with Crippen LogP contribution in [0, 0.1) is 13.8 Å². The molecule has 0 spiro atoms. The molecule has 0 saturated heterocycles. The third-order valence-corrected chi connectivity index (χ3v) is 3.36. The Morgan fingerprint density at radius 2 is 2.18 bits per heavy atom. The second kappa shape index (κ2) is 5.19. The second-order valence-corrected chi connectivity index (χ2v) is 4.96. The van der Waals surface area contributed by atoms with Crippen molar-refractivity contribution in [2.24, 2.45) is 0 Å². The summed E-state index contributed by atoms with van der Waals surface area (Å²) in [5.74, 6) is 0.917. The summed E-state index contributed by atoms with van der Waals surface area (Å²) in [5.41, 5.74) is 3.31. The van der Waals surface area contributed by atoms with Gasteiger partial charge < -0.3 is 10.1 Å². The maximum absolute atomic E-state index is 5.23. The summed E-state index contributed by atoms with van der Waals surface area (Å²) in [5, 5.41) is 6.54. The number of aromatic nitrogens is 1. The van der Waals surface area contributed by atoms with Crippen LogP contribution in [0.25, 0.3) is 0 Å². The van der Waals surface area contributed by atoms with E-state index in [1.807, 2.05) is 26.0 Å². The molecule has 2 aromatic rings. The maximum Gasteiger partial charge on any atom is 0.121 e. The van der Waals surface area contributed by atoms with Gasteiger partial charge in [0, 0.05) is 11.1 Å². The molecule has 1 heterocycles. The van der Waals surface area contributed by atoms with Crippen LogP contribution in [-0.4, -0.2) is 12.1 Å². The lowest BCUT2D eigenvalue weighted by Gasteiger charge is -2.08. The van der Waals surface area contributed by atoms with E-state index < -0.39 is 0 Å². The molecule has 1 N–H and O–H groups in total. The number of benzene rings is 1. The molecule has 4 heteroatoms. The van der Waals surface area contributed by atoms with Crippen LogP contribution in [0.4, 0.5) is 5.69 Å².